The molecule has 4 N–H and O–H groups in total. The molecule has 7 aliphatic rings. The number of ketones is 2. The zero-order chi connectivity index (χ0) is 89.4. The van der Waals surface area contributed by atoms with E-state index in [1.165, 1.54) is 142 Å². The maximum atomic E-state index is 13.0. The van der Waals surface area contributed by atoms with Crippen LogP contribution in [0.2, 0.25) is 0 Å². The highest BCUT2D eigenvalue weighted by Crippen LogP contribution is 2.37. The molecule has 8 heterocycles. The molecule has 8 aromatic rings. The number of carbonyl (C=O) groups is 5. The van der Waals surface area contributed by atoms with Crippen LogP contribution in [0.3, 0.4) is 0 Å². The highest BCUT2D eigenvalue weighted by molar-refractivity contribution is 7.81. The number of carbonyl (C=O) groups excluding carboxylic acids is 5. The lowest BCUT2D eigenvalue weighted by molar-refractivity contribution is 0.0155. The lowest BCUT2D eigenvalue weighted by Crippen LogP contribution is -2.51. The van der Waals surface area contributed by atoms with Gasteiger partial charge in [0.25, 0.3) is 17.7 Å². The number of methoxy groups -OCH3 is 2. The van der Waals surface area contributed by atoms with E-state index in [4.69, 9.17) is 80.6 Å². The number of nitrogens with one attached hydrogen (secondary N) is 4. The minimum atomic E-state index is -0.391. The van der Waals surface area contributed by atoms with Crippen molar-refractivity contribution in [2.45, 2.75) is 172 Å². The Hall–Kier alpha value is -10.4. The summed E-state index contributed by atoms with van der Waals surface area (Å²) in [6.45, 7) is 10.1. The Bertz CT molecular complexity index is 4960. The van der Waals surface area contributed by atoms with E-state index in [1.807, 2.05) is 41.4 Å². The van der Waals surface area contributed by atoms with Crippen molar-refractivity contribution in [2.24, 2.45) is 11.8 Å². The third kappa shape index (κ3) is 27.6. The van der Waals surface area contributed by atoms with Crippen LogP contribution in [-0.4, -0.2) is 169 Å². The standard InChI is InChI=1S/C20H18FN3OS.C20H21FN2OS.C20H23N3O3S.C19H25FN2OS.C19H24FNO2S/c21-17-9-7-15(8-10-17)19(25)23-20(26)24-11-2-1-6-18(24)16-5-3-4-14(12-16)13-22;1-14-5-4-6-16(13-14)18-7-2-3-12-23(18)20(25)22-19(24)15-8-10-17(21)11-9-15;1-25-17-10-5-8-15(18(17)26-2)19(24)22-20(27)23-12-4-3-9-16(23)14-7-6-11-21-13-14;20-16-8-6-14(7-9-16)18(23)12-19(24)22-11-2-1-5-17(22)15-4-3-10-21-13-15;20-16-8-6-14(7-9-16)18(22)12-19(24)21-10-2-1-5-17(21)15-4-3-11-23-13-15/h3-5,7-10,12,18H,1-2,6,11H2,(H,23,25,26);4-6,8-11,13,18H,2-3,7,12H2,1H3,(H,22,24,25);5-8,10-11,13,16H,3-4,9,12H2,1-2H3,(H,22,24,27);6-9,15,17,21H,1-5,10-13H2;6-9,15,17H,1-5,10-13H2. The molecule has 0 saturated carbocycles. The van der Waals surface area contributed by atoms with Crippen molar-refractivity contribution in [3.63, 3.8) is 0 Å². The zero-order valence-corrected chi connectivity index (χ0v) is 75.7. The molecular weight excluding hydrogens is 1700 g/mol. The molecule has 28 heteroatoms. The average molecular weight is 1810 g/mol. The van der Waals surface area contributed by atoms with E-state index >= 15 is 0 Å². The van der Waals surface area contributed by atoms with E-state index in [0.29, 0.717) is 84.1 Å². The fourth-order valence-corrected chi connectivity index (χ4v) is 19.2. The summed E-state index contributed by atoms with van der Waals surface area (Å²) in [5, 5.41) is 22.2. The number of thiocarbonyl (C=S) groups is 5. The smallest absolute Gasteiger partial charge is 0.261 e. The van der Waals surface area contributed by atoms with Gasteiger partial charge in [0.2, 0.25) is 0 Å². The molecule has 1 aromatic heterocycles. The van der Waals surface area contributed by atoms with Crippen LogP contribution in [0.4, 0.5) is 17.6 Å². The fraction of sp³-hybridized carbons (Fsp3) is 0.408. The Morgan fingerprint density at radius 2 is 0.897 bits per heavy atom. The molecule has 19 nitrogen and oxygen atoms in total. The van der Waals surface area contributed by atoms with Gasteiger partial charge in [-0.2, -0.15) is 5.26 Å². The van der Waals surface area contributed by atoms with Crippen molar-refractivity contribution < 1.29 is 55.7 Å². The molecule has 7 aliphatic heterocycles. The van der Waals surface area contributed by atoms with Crippen LogP contribution >= 0.6 is 61.1 Å². The number of amides is 3. The summed E-state index contributed by atoms with van der Waals surface area (Å²) in [5.41, 5.74) is 7.35. The van der Waals surface area contributed by atoms with E-state index in [2.05, 4.69) is 83.1 Å². The third-order valence-corrected chi connectivity index (χ3v) is 25.8. The number of benzene rings is 7. The Labute approximate surface area is 764 Å². The first-order chi connectivity index (χ1) is 61.1. The highest BCUT2D eigenvalue weighted by Gasteiger charge is 2.37. The summed E-state index contributed by atoms with van der Waals surface area (Å²) >= 11 is 27.8. The second kappa shape index (κ2) is 49.1. The molecule has 7 atom stereocenters. The number of halogens is 4. The molecular formula is C98H111F4N11O8S5. The number of nitriles is 1. The van der Waals surface area contributed by atoms with Gasteiger partial charge in [0.15, 0.2) is 38.4 Å². The number of aromatic nitrogens is 1. The van der Waals surface area contributed by atoms with Gasteiger partial charge in [0.05, 0.1) is 79.0 Å². The Morgan fingerprint density at radius 3 is 1.33 bits per heavy atom. The number of aryl methyl sites for hydroxylation is 1. The van der Waals surface area contributed by atoms with E-state index in [1.54, 1.807) is 42.6 Å². The number of hydrogen-bond donors (Lipinski definition) is 4. The van der Waals surface area contributed by atoms with Crippen molar-refractivity contribution in [1.82, 2.24) is 50.8 Å². The predicted octanol–water partition coefficient (Wildman–Crippen LogP) is 19.2. The molecule has 7 unspecified atom stereocenters. The molecule has 126 heavy (non-hydrogen) atoms. The number of ether oxygens (including phenoxy) is 3. The van der Waals surface area contributed by atoms with Crippen LogP contribution < -0.4 is 30.7 Å². The zero-order valence-electron chi connectivity index (χ0n) is 71.6. The van der Waals surface area contributed by atoms with Gasteiger partial charge in [-0.1, -0.05) is 78.5 Å². The largest absolute Gasteiger partial charge is 0.493 e. The number of pyridine rings is 1. The van der Waals surface area contributed by atoms with Crippen LogP contribution in [0.5, 0.6) is 11.5 Å². The van der Waals surface area contributed by atoms with Crippen LogP contribution in [0.25, 0.3) is 0 Å². The maximum Gasteiger partial charge on any atom is 0.261 e. The van der Waals surface area contributed by atoms with Crippen molar-refractivity contribution in [1.29, 1.82) is 5.26 Å². The number of para-hydroxylation sites is 1. The number of likely N-dealkylation sites (tertiary alicyclic amines) is 5. The van der Waals surface area contributed by atoms with Gasteiger partial charge >= 0.3 is 0 Å². The third-order valence-electron chi connectivity index (χ3n) is 24.0. The van der Waals surface area contributed by atoms with E-state index in [9.17, 15) is 41.5 Å². The lowest BCUT2D eigenvalue weighted by Gasteiger charge is -2.43. The number of nitrogens with zero attached hydrogens (tertiary/aromatic N) is 7. The Kier molecular flexibility index (Phi) is 37.5. The second-order valence-electron chi connectivity index (χ2n) is 32.5. The van der Waals surface area contributed by atoms with Gasteiger partial charge in [0.1, 0.15) is 23.3 Å². The normalized spacial score (nSPS) is 19.8. The first-order valence-corrected chi connectivity index (χ1v) is 45.6. The number of rotatable bonds is 16. The molecule has 664 valence electrons. The van der Waals surface area contributed by atoms with Crippen LogP contribution in [-0.2, 0) is 4.74 Å². The van der Waals surface area contributed by atoms with E-state index in [0.717, 1.165) is 170 Å². The van der Waals surface area contributed by atoms with Crippen molar-refractivity contribution in [3.05, 3.63) is 267 Å². The second-order valence-corrected chi connectivity index (χ2v) is 34.6. The molecule has 0 spiro atoms. The van der Waals surface area contributed by atoms with E-state index in [-0.39, 0.29) is 77.7 Å². The molecule has 7 fully saturated rings. The monoisotopic (exact) mass is 1810 g/mol. The molecule has 7 saturated heterocycles. The molecule has 7 aromatic carbocycles. The van der Waals surface area contributed by atoms with Crippen molar-refractivity contribution in [2.75, 3.05) is 73.2 Å². The van der Waals surface area contributed by atoms with Crippen molar-refractivity contribution in [3.8, 4) is 17.6 Å². The Balaban J connectivity index is 0.000000153. The molecule has 3 amide bonds. The topological polar surface area (TPSA) is 214 Å². The summed E-state index contributed by atoms with van der Waals surface area (Å²) < 4.78 is 68.3. The van der Waals surface area contributed by atoms with Crippen LogP contribution in [0.15, 0.2) is 188 Å². The maximum absolute atomic E-state index is 13.0. The highest BCUT2D eigenvalue weighted by atomic mass is 32.1. The summed E-state index contributed by atoms with van der Waals surface area (Å²) in [4.78, 5) is 78.8. The average Bonchev–Trinajstić information content (AvgIpc) is 0.823. The minimum Gasteiger partial charge on any atom is -0.493 e. The SMILES string of the molecule is COc1cccc(C(=O)NC(=S)N2CCCCC2c2cccnc2)c1OC.Cc1cccc(C2CCCCN2C(=S)NC(=O)c2ccc(F)cc2)c1.N#Cc1cccc(C2CCCCN2C(=S)NC(=O)c2ccc(F)cc2)c1.O=C(CC(=S)N1CCCCC1C1CCCNC1)c1ccc(F)cc1.O=C(CC(=S)N1CCCCC1C1CCCOC1)c1ccc(F)cc1. The Morgan fingerprint density at radius 1 is 0.468 bits per heavy atom. The fourth-order valence-electron chi connectivity index (χ4n) is 17.6. The number of hydrogen-bond acceptors (Lipinski definition) is 16. The predicted molar refractivity (Wildman–Crippen MR) is 503 cm³/mol. The summed E-state index contributed by atoms with van der Waals surface area (Å²) in [7, 11) is 3.05. The summed E-state index contributed by atoms with van der Waals surface area (Å²) in [6.07, 6.45) is 25.1. The van der Waals surface area contributed by atoms with Gasteiger partial charge in [-0.15, -0.1) is 0 Å². The molecule has 15 rings (SSSR count). The number of Topliss-reactive ketones (excluding diaryl/α,β-unsaturated/α-hetero) is 2. The quantitative estimate of drug-likeness (QED) is 0.0402. The number of piperidine rings is 6. The molecule has 0 radical (unpaired) electrons. The van der Waals surface area contributed by atoms with Gasteiger partial charge < -0.3 is 44.0 Å². The first-order valence-electron chi connectivity index (χ1n) is 43.6. The summed E-state index contributed by atoms with van der Waals surface area (Å²) in [5.74, 6) is -0.420. The lowest BCUT2D eigenvalue weighted by atomic mass is 9.85. The molecule has 0 bridgehead atoms. The minimum absolute atomic E-state index is 0.0221. The van der Waals surface area contributed by atoms with Crippen LogP contribution in [0, 0.1) is 53.4 Å². The van der Waals surface area contributed by atoms with Gasteiger partial charge in [0, 0.05) is 92.0 Å². The molecule has 0 aliphatic carbocycles. The van der Waals surface area contributed by atoms with Gasteiger partial charge in [-0.05, 0) is 329 Å². The van der Waals surface area contributed by atoms with Gasteiger partial charge in [-0.3, -0.25) is 44.9 Å². The first kappa shape index (κ1) is 96.3. The van der Waals surface area contributed by atoms with Crippen LogP contribution in [0.1, 0.15) is 233 Å². The van der Waals surface area contributed by atoms with E-state index < -0.39 is 5.82 Å². The van der Waals surface area contributed by atoms with Crippen molar-refractivity contribution >= 4 is 116 Å². The summed E-state index contributed by atoms with van der Waals surface area (Å²) in [6, 6.07) is 50.6. The van der Waals surface area contributed by atoms with Gasteiger partial charge in [-0.25, -0.2) is 17.6 Å².